The predicted octanol–water partition coefficient (Wildman–Crippen LogP) is 2.48. The number of hydrogen-bond donors (Lipinski definition) is 0. The first-order chi connectivity index (χ1) is 5.52. The van der Waals surface area contributed by atoms with Gasteiger partial charge >= 0.3 is 0 Å². The van der Waals surface area contributed by atoms with Crippen LogP contribution in [0.25, 0.3) is 0 Å². The molecule has 0 spiro atoms. The van der Waals surface area contributed by atoms with Crippen molar-refractivity contribution in [2.45, 2.75) is 13.8 Å². The molecular formula is C11H19N. The Kier molecular flexibility index (Phi) is 5.39. The van der Waals surface area contributed by atoms with Gasteiger partial charge in [0.2, 0.25) is 0 Å². The summed E-state index contributed by atoms with van der Waals surface area (Å²) >= 11 is 0. The predicted molar refractivity (Wildman–Crippen MR) is 55.5 cm³/mol. The minimum Gasteiger partial charge on any atom is -0.312 e. The lowest BCUT2D eigenvalue weighted by atomic mass is 10.2. The van der Waals surface area contributed by atoms with Crippen molar-refractivity contribution in [1.82, 2.24) is 4.90 Å². The Hall–Kier alpha value is -0.820. The number of nitrogens with zero attached hydrogens (tertiary/aromatic N) is 1. The Bertz CT molecular complexity index is 175. The van der Waals surface area contributed by atoms with Crippen molar-refractivity contribution in [3.63, 3.8) is 0 Å². The monoisotopic (exact) mass is 165 g/mol. The average molecular weight is 165 g/mol. The van der Waals surface area contributed by atoms with Crippen LogP contribution in [0.3, 0.4) is 0 Å². The summed E-state index contributed by atoms with van der Waals surface area (Å²) in [6.07, 6.45) is 0. The van der Waals surface area contributed by atoms with Gasteiger partial charge in [0.05, 0.1) is 0 Å². The molecule has 68 valence electrons. The molecule has 0 saturated heterocycles. The van der Waals surface area contributed by atoms with Crippen molar-refractivity contribution >= 4 is 0 Å². The van der Waals surface area contributed by atoms with Crippen LogP contribution in [-0.2, 0) is 0 Å². The fourth-order valence-electron chi connectivity index (χ4n) is 0.637. The third kappa shape index (κ3) is 7.29. The largest absolute Gasteiger partial charge is 0.312 e. The standard InChI is InChI=1S/C8H10.C3H9N/c1-7-3-5-8(2)6-4-7;1-4(2)3/h3-6H,1-2H3;1-3H3. The fraction of sp³-hybridized carbons (Fsp3) is 0.455. The number of aryl methyl sites for hydroxylation is 2. The zero-order valence-corrected chi connectivity index (χ0v) is 8.76. The summed E-state index contributed by atoms with van der Waals surface area (Å²) in [7, 11) is 6.00. The summed E-state index contributed by atoms with van der Waals surface area (Å²) in [5.74, 6) is 0. The van der Waals surface area contributed by atoms with Crippen LogP contribution in [0.2, 0.25) is 0 Å². The third-order valence-electron chi connectivity index (χ3n) is 1.22. The van der Waals surface area contributed by atoms with Crippen LogP contribution in [0.1, 0.15) is 11.1 Å². The molecule has 1 nitrogen and oxygen atoms in total. The summed E-state index contributed by atoms with van der Waals surface area (Å²) in [4.78, 5) is 2.00. The van der Waals surface area contributed by atoms with Crippen LogP contribution in [0.5, 0.6) is 0 Å². The van der Waals surface area contributed by atoms with Gasteiger partial charge in [-0.2, -0.15) is 0 Å². The molecule has 0 amide bonds. The maximum Gasteiger partial charge on any atom is -0.0140 e. The van der Waals surface area contributed by atoms with Gasteiger partial charge in [-0.3, -0.25) is 0 Å². The molecule has 12 heavy (non-hydrogen) atoms. The SMILES string of the molecule is CN(C)C.Cc1ccc(C)cc1. The molecule has 0 aliphatic carbocycles. The van der Waals surface area contributed by atoms with Crippen LogP contribution in [0.4, 0.5) is 0 Å². The molecule has 1 aromatic carbocycles. The molecule has 0 fully saturated rings. The second-order valence-corrected chi connectivity index (χ2v) is 3.50. The lowest BCUT2D eigenvalue weighted by Gasteiger charge is -1.90. The van der Waals surface area contributed by atoms with Crippen molar-refractivity contribution < 1.29 is 0 Å². The van der Waals surface area contributed by atoms with E-state index in [0.29, 0.717) is 0 Å². The van der Waals surface area contributed by atoms with Crippen LogP contribution in [0.15, 0.2) is 24.3 Å². The van der Waals surface area contributed by atoms with E-state index in [9.17, 15) is 0 Å². The molecule has 1 heteroatoms. The number of hydrogen-bond acceptors (Lipinski definition) is 1. The summed E-state index contributed by atoms with van der Waals surface area (Å²) in [6, 6.07) is 8.48. The van der Waals surface area contributed by atoms with Gasteiger partial charge in [0.25, 0.3) is 0 Å². The van der Waals surface area contributed by atoms with Gasteiger partial charge in [0.15, 0.2) is 0 Å². The van der Waals surface area contributed by atoms with E-state index >= 15 is 0 Å². The summed E-state index contributed by atoms with van der Waals surface area (Å²) < 4.78 is 0. The fourth-order valence-corrected chi connectivity index (χ4v) is 0.637. The second kappa shape index (κ2) is 5.78. The first kappa shape index (κ1) is 11.2. The van der Waals surface area contributed by atoms with E-state index in [0.717, 1.165) is 0 Å². The molecule has 0 aliphatic rings. The smallest absolute Gasteiger partial charge is 0.0140 e. The normalized spacial score (nSPS) is 9.17. The first-order valence-corrected chi connectivity index (χ1v) is 4.16. The molecule has 1 rings (SSSR count). The zero-order valence-electron chi connectivity index (χ0n) is 8.76. The van der Waals surface area contributed by atoms with E-state index in [-0.39, 0.29) is 0 Å². The molecule has 0 aliphatic heterocycles. The molecule has 0 unspecified atom stereocenters. The van der Waals surface area contributed by atoms with Gasteiger partial charge in [-0.1, -0.05) is 35.4 Å². The van der Waals surface area contributed by atoms with Crippen LogP contribution in [0, 0.1) is 13.8 Å². The van der Waals surface area contributed by atoms with Gasteiger partial charge in [-0.05, 0) is 35.0 Å². The van der Waals surface area contributed by atoms with Crippen molar-refractivity contribution in [1.29, 1.82) is 0 Å². The highest BCUT2D eigenvalue weighted by Gasteiger charge is 1.79. The van der Waals surface area contributed by atoms with E-state index in [1.807, 2.05) is 26.0 Å². The number of benzene rings is 1. The minimum absolute atomic E-state index is 1.33. The molecule has 0 saturated carbocycles. The molecule has 0 aromatic heterocycles. The Morgan fingerprint density at radius 2 is 0.917 bits per heavy atom. The lowest BCUT2D eigenvalue weighted by molar-refractivity contribution is 0.505. The van der Waals surface area contributed by atoms with Crippen molar-refractivity contribution in [3.8, 4) is 0 Å². The van der Waals surface area contributed by atoms with Gasteiger partial charge in [0, 0.05) is 0 Å². The van der Waals surface area contributed by atoms with E-state index in [4.69, 9.17) is 0 Å². The van der Waals surface area contributed by atoms with Crippen LogP contribution < -0.4 is 0 Å². The summed E-state index contributed by atoms with van der Waals surface area (Å²) in [5, 5.41) is 0. The van der Waals surface area contributed by atoms with Crippen molar-refractivity contribution in [2.24, 2.45) is 0 Å². The summed E-state index contributed by atoms with van der Waals surface area (Å²) in [5.41, 5.74) is 2.66. The van der Waals surface area contributed by atoms with Gasteiger partial charge < -0.3 is 4.90 Å². The molecule has 0 atom stereocenters. The highest BCUT2D eigenvalue weighted by atomic mass is 15.0. The topological polar surface area (TPSA) is 3.24 Å². The van der Waals surface area contributed by atoms with Gasteiger partial charge in [0.1, 0.15) is 0 Å². The highest BCUT2D eigenvalue weighted by Crippen LogP contribution is 1.99. The molecule has 0 N–H and O–H groups in total. The lowest BCUT2D eigenvalue weighted by Crippen LogP contribution is -1.99. The van der Waals surface area contributed by atoms with E-state index < -0.39 is 0 Å². The molecule has 0 bridgehead atoms. The summed E-state index contributed by atoms with van der Waals surface area (Å²) in [6.45, 7) is 4.19. The van der Waals surface area contributed by atoms with Crippen molar-refractivity contribution in [2.75, 3.05) is 21.1 Å². The highest BCUT2D eigenvalue weighted by molar-refractivity contribution is 5.19. The van der Waals surface area contributed by atoms with E-state index in [2.05, 4.69) is 38.1 Å². The third-order valence-corrected chi connectivity index (χ3v) is 1.22. The van der Waals surface area contributed by atoms with Crippen LogP contribution >= 0.6 is 0 Å². The zero-order chi connectivity index (χ0) is 9.56. The quantitative estimate of drug-likeness (QED) is 0.571. The van der Waals surface area contributed by atoms with Crippen molar-refractivity contribution in [3.05, 3.63) is 35.4 Å². The van der Waals surface area contributed by atoms with Gasteiger partial charge in [-0.15, -0.1) is 0 Å². The first-order valence-electron chi connectivity index (χ1n) is 4.16. The Morgan fingerprint density at radius 1 is 0.750 bits per heavy atom. The van der Waals surface area contributed by atoms with Crippen LogP contribution in [-0.4, -0.2) is 26.0 Å². The second-order valence-electron chi connectivity index (χ2n) is 3.50. The Morgan fingerprint density at radius 3 is 1.08 bits per heavy atom. The maximum absolute atomic E-state index is 2.12. The maximum atomic E-state index is 2.12. The molecule has 0 radical (unpaired) electrons. The minimum atomic E-state index is 1.33. The average Bonchev–Trinajstić information content (AvgIpc) is 1.94. The molecule has 1 aromatic rings. The Balaban J connectivity index is 0.000000261. The van der Waals surface area contributed by atoms with E-state index in [1.54, 1.807) is 0 Å². The van der Waals surface area contributed by atoms with Gasteiger partial charge in [-0.25, -0.2) is 0 Å². The number of rotatable bonds is 0. The molecular weight excluding hydrogens is 146 g/mol. The molecule has 0 heterocycles. The Labute approximate surface area is 76.0 Å². The van der Waals surface area contributed by atoms with E-state index in [1.165, 1.54) is 11.1 Å².